The predicted octanol–water partition coefficient (Wildman–Crippen LogP) is 4.00. The summed E-state index contributed by atoms with van der Waals surface area (Å²) in [5.41, 5.74) is 9.34. The van der Waals surface area contributed by atoms with Crippen LogP contribution in [0, 0.1) is 6.92 Å². The van der Waals surface area contributed by atoms with E-state index in [0.29, 0.717) is 31.5 Å². The average Bonchev–Trinajstić information content (AvgIpc) is 3.10. The van der Waals surface area contributed by atoms with Crippen molar-refractivity contribution in [3.05, 3.63) is 59.4 Å². The van der Waals surface area contributed by atoms with E-state index in [1.807, 2.05) is 30.3 Å². The van der Waals surface area contributed by atoms with Crippen molar-refractivity contribution in [3.8, 4) is 11.5 Å². The number of hydrogen-bond acceptors (Lipinski definition) is 8. The summed E-state index contributed by atoms with van der Waals surface area (Å²) in [6, 6.07) is 14.6. The third kappa shape index (κ3) is 4.60. The molecule has 3 heterocycles. The minimum Gasteiger partial charge on any atom is -0.490 e. The summed E-state index contributed by atoms with van der Waals surface area (Å²) in [5, 5.41) is 3.23. The van der Waals surface area contributed by atoms with Gasteiger partial charge in [0.1, 0.15) is 5.82 Å². The van der Waals surface area contributed by atoms with Gasteiger partial charge in [0.2, 0.25) is 11.9 Å². The molecule has 0 unspecified atom stereocenters. The third-order valence-electron chi connectivity index (χ3n) is 5.87. The van der Waals surface area contributed by atoms with Gasteiger partial charge in [-0.05, 0) is 56.1 Å². The molecule has 5 rings (SSSR count). The summed E-state index contributed by atoms with van der Waals surface area (Å²) >= 11 is 0. The van der Waals surface area contributed by atoms with E-state index in [2.05, 4.69) is 44.2 Å². The molecule has 0 radical (unpaired) electrons. The Morgan fingerprint density at radius 1 is 1.00 bits per heavy atom. The summed E-state index contributed by atoms with van der Waals surface area (Å²) in [6.45, 7) is 5.02. The first-order chi connectivity index (χ1) is 15.6. The molecular weight excluding hydrogens is 404 g/mol. The topological polar surface area (TPSA) is 98.4 Å². The third-order valence-corrected chi connectivity index (χ3v) is 5.87. The molecule has 0 saturated carbocycles. The zero-order valence-corrected chi connectivity index (χ0v) is 18.3. The van der Waals surface area contributed by atoms with Crippen molar-refractivity contribution in [1.29, 1.82) is 0 Å². The van der Waals surface area contributed by atoms with E-state index in [1.54, 1.807) is 0 Å². The van der Waals surface area contributed by atoms with Crippen molar-refractivity contribution in [1.82, 2.24) is 19.9 Å². The van der Waals surface area contributed by atoms with Gasteiger partial charge in [-0.15, -0.1) is 0 Å². The van der Waals surface area contributed by atoms with Crippen LogP contribution in [0.3, 0.4) is 0 Å². The summed E-state index contributed by atoms with van der Waals surface area (Å²) in [6.07, 6.45) is 3.10. The molecule has 0 spiro atoms. The normalized spacial score (nSPS) is 18.3. The van der Waals surface area contributed by atoms with Crippen LogP contribution < -0.4 is 20.5 Å². The number of benzene rings is 2. The van der Waals surface area contributed by atoms with Crippen LogP contribution in [0.15, 0.2) is 42.5 Å². The van der Waals surface area contributed by atoms with Gasteiger partial charge in [0.15, 0.2) is 11.5 Å². The second kappa shape index (κ2) is 9.00. The van der Waals surface area contributed by atoms with E-state index >= 15 is 0 Å². The van der Waals surface area contributed by atoms with Crippen LogP contribution in [0.1, 0.15) is 42.3 Å². The first kappa shape index (κ1) is 20.5. The second-order valence-corrected chi connectivity index (χ2v) is 8.31. The van der Waals surface area contributed by atoms with Gasteiger partial charge in [-0.1, -0.05) is 23.8 Å². The van der Waals surface area contributed by atoms with E-state index in [4.69, 9.17) is 15.2 Å². The highest BCUT2D eigenvalue weighted by atomic mass is 16.5. The zero-order valence-electron chi connectivity index (χ0n) is 18.3. The van der Waals surface area contributed by atoms with Crippen LogP contribution in [0.2, 0.25) is 0 Å². The quantitative estimate of drug-likeness (QED) is 0.624. The molecule has 1 atom stereocenters. The largest absolute Gasteiger partial charge is 0.490 e. The summed E-state index contributed by atoms with van der Waals surface area (Å²) in [5.74, 6) is 3.00. The number of nitrogens with zero attached hydrogens (tertiary/aromatic N) is 4. The minimum atomic E-state index is 0.218. The molecule has 2 aliphatic heterocycles. The van der Waals surface area contributed by atoms with Crippen molar-refractivity contribution in [2.24, 2.45) is 0 Å². The number of hydrogen-bond donors (Lipinski definition) is 2. The summed E-state index contributed by atoms with van der Waals surface area (Å²) < 4.78 is 11.7. The first-order valence-corrected chi connectivity index (χ1v) is 11.1. The first-order valence-electron chi connectivity index (χ1n) is 11.1. The molecule has 0 amide bonds. The number of aromatic nitrogens is 3. The second-order valence-electron chi connectivity index (χ2n) is 8.31. The Balaban J connectivity index is 1.33. The molecule has 0 aliphatic carbocycles. The van der Waals surface area contributed by atoms with E-state index in [-0.39, 0.29) is 12.0 Å². The SMILES string of the molecule is Cc1ccc(Nc2nc(N)nc(CN3CCC[C@@H]3c3ccc4c(c3)OCCCO4)n2)cc1. The molecule has 3 aromatic rings. The maximum absolute atomic E-state index is 6.00. The van der Waals surface area contributed by atoms with Gasteiger partial charge < -0.3 is 20.5 Å². The monoisotopic (exact) mass is 432 g/mol. The van der Waals surface area contributed by atoms with Gasteiger partial charge in [0, 0.05) is 18.2 Å². The van der Waals surface area contributed by atoms with Gasteiger partial charge in [-0.2, -0.15) is 15.0 Å². The maximum Gasteiger partial charge on any atom is 0.232 e. The molecule has 1 fully saturated rings. The van der Waals surface area contributed by atoms with E-state index < -0.39 is 0 Å². The number of nitrogen functional groups attached to an aromatic ring is 1. The Hall–Kier alpha value is -3.39. The lowest BCUT2D eigenvalue weighted by atomic mass is 10.0. The number of ether oxygens (including phenoxy) is 2. The van der Waals surface area contributed by atoms with E-state index in [0.717, 1.165) is 43.0 Å². The highest BCUT2D eigenvalue weighted by Crippen LogP contribution is 2.38. The van der Waals surface area contributed by atoms with Crippen molar-refractivity contribution in [3.63, 3.8) is 0 Å². The van der Waals surface area contributed by atoms with Crippen LogP contribution in [-0.2, 0) is 6.54 Å². The van der Waals surface area contributed by atoms with E-state index in [9.17, 15) is 0 Å². The fourth-order valence-electron chi connectivity index (χ4n) is 4.29. The van der Waals surface area contributed by atoms with Gasteiger partial charge in [-0.25, -0.2) is 0 Å². The number of nitrogens with two attached hydrogens (primary N) is 1. The van der Waals surface area contributed by atoms with Crippen LogP contribution in [0.5, 0.6) is 11.5 Å². The molecule has 2 aliphatic rings. The Bertz CT molecular complexity index is 1090. The summed E-state index contributed by atoms with van der Waals surface area (Å²) in [4.78, 5) is 15.7. The Morgan fingerprint density at radius 2 is 1.81 bits per heavy atom. The average molecular weight is 433 g/mol. The fourth-order valence-corrected chi connectivity index (χ4v) is 4.29. The van der Waals surface area contributed by atoms with Gasteiger partial charge >= 0.3 is 0 Å². The molecule has 2 aromatic carbocycles. The number of aryl methyl sites for hydroxylation is 1. The fraction of sp³-hybridized carbons (Fsp3) is 0.375. The van der Waals surface area contributed by atoms with Gasteiger partial charge in [0.05, 0.1) is 19.8 Å². The number of nitrogens with one attached hydrogen (secondary N) is 1. The van der Waals surface area contributed by atoms with Gasteiger partial charge in [-0.3, -0.25) is 4.90 Å². The molecule has 166 valence electrons. The maximum atomic E-state index is 6.00. The van der Waals surface area contributed by atoms with Crippen LogP contribution >= 0.6 is 0 Å². The number of fused-ring (bicyclic) bond motifs is 1. The lowest BCUT2D eigenvalue weighted by Gasteiger charge is -2.25. The summed E-state index contributed by atoms with van der Waals surface area (Å²) in [7, 11) is 0. The van der Waals surface area contributed by atoms with Crippen molar-refractivity contribution in [2.75, 3.05) is 30.8 Å². The highest BCUT2D eigenvalue weighted by molar-refractivity contribution is 5.54. The Kier molecular flexibility index (Phi) is 5.77. The molecule has 1 aromatic heterocycles. The molecule has 32 heavy (non-hydrogen) atoms. The lowest BCUT2D eigenvalue weighted by molar-refractivity contribution is 0.241. The number of rotatable bonds is 5. The number of likely N-dealkylation sites (tertiary alicyclic amines) is 1. The van der Waals surface area contributed by atoms with Crippen LogP contribution in [-0.4, -0.2) is 39.6 Å². The van der Waals surface area contributed by atoms with Gasteiger partial charge in [0.25, 0.3) is 0 Å². The zero-order chi connectivity index (χ0) is 21.9. The smallest absolute Gasteiger partial charge is 0.232 e. The Labute approximate surface area is 187 Å². The Morgan fingerprint density at radius 3 is 2.66 bits per heavy atom. The van der Waals surface area contributed by atoms with Crippen LogP contribution in [0.4, 0.5) is 17.6 Å². The highest BCUT2D eigenvalue weighted by Gasteiger charge is 2.28. The molecule has 0 bridgehead atoms. The molecule has 1 saturated heterocycles. The lowest BCUT2D eigenvalue weighted by Crippen LogP contribution is -2.24. The predicted molar refractivity (Wildman–Crippen MR) is 123 cm³/mol. The minimum absolute atomic E-state index is 0.218. The van der Waals surface area contributed by atoms with E-state index in [1.165, 1.54) is 11.1 Å². The van der Waals surface area contributed by atoms with Crippen LogP contribution in [0.25, 0.3) is 0 Å². The van der Waals surface area contributed by atoms with Crippen molar-refractivity contribution in [2.45, 2.75) is 38.8 Å². The molecular formula is C24H28N6O2. The standard InChI is InChI=1S/C24H28N6O2/c1-16-5-8-18(9-6-16)26-24-28-22(27-23(25)29-24)15-30-11-2-4-19(30)17-7-10-20-21(14-17)32-13-3-12-31-20/h5-10,14,19H,2-4,11-13,15H2,1H3,(H3,25,26,27,28,29)/t19-/m1/s1. The molecule has 8 nitrogen and oxygen atoms in total. The van der Waals surface area contributed by atoms with Crippen molar-refractivity contribution >= 4 is 17.6 Å². The molecule has 8 heteroatoms. The number of anilines is 3. The molecule has 3 N–H and O–H groups in total. The van der Waals surface area contributed by atoms with Crippen molar-refractivity contribution < 1.29 is 9.47 Å².